The van der Waals surface area contributed by atoms with Crippen LogP contribution in [-0.2, 0) is 4.81 Å². The van der Waals surface area contributed by atoms with Crippen molar-refractivity contribution in [2.75, 3.05) is 0 Å². The van der Waals surface area contributed by atoms with E-state index in [-0.39, 0.29) is 5.56 Å². The minimum absolute atomic E-state index is 0.0962. The van der Waals surface area contributed by atoms with Crippen molar-refractivity contribution >= 4 is 13.6 Å². The molecule has 14 heavy (non-hydrogen) atoms. The molecule has 0 fully saturated rings. The summed E-state index contributed by atoms with van der Waals surface area (Å²) in [5, 5.41) is 16.6. The van der Waals surface area contributed by atoms with E-state index in [0.29, 0.717) is 6.29 Å². The molecule has 0 radical (unpaired) electrons. The molecule has 1 rings (SSSR count). The maximum atomic E-state index is 13.0. The van der Waals surface area contributed by atoms with Crippen LogP contribution in [0.3, 0.4) is 0 Å². The lowest BCUT2D eigenvalue weighted by atomic mass is 10.2. The van der Waals surface area contributed by atoms with Crippen LogP contribution < -0.4 is 4.65 Å². The molecular weight excluding hydrogens is 194 g/mol. The molecule has 0 bridgehead atoms. The maximum absolute atomic E-state index is 13.0. The lowest BCUT2D eigenvalue weighted by Gasteiger charge is -2.08. The van der Waals surface area contributed by atoms with Crippen LogP contribution in [0.4, 0.5) is 4.39 Å². The molecule has 1 aromatic rings. The summed E-state index contributed by atoms with van der Waals surface area (Å²) >= 11 is 0. The van der Waals surface area contributed by atoms with Gasteiger partial charge in [0.25, 0.3) is 0 Å². The van der Waals surface area contributed by atoms with Crippen LogP contribution in [0.5, 0.6) is 5.75 Å². The van der Waals surface area contributed by atoms with Gasteiger partial charge >= 0.3 is 7.32 Å². The van der Waals surface area contributed by atoms with E-state index in [4.69, 9.17) is 10.3 Å². The van der Waals surface area contributed by atoms with E-state index in [0.717, 1.165) is 6.07 Å². The monoisotopic (exact) mass is 200 g/mol. The topological polar surface area (TPSA) is 76.0 Å². The van der Waals surface area contributed by atoms with Crippen LogP contribution in [0.1, 0.15) is 10.4 Å². The Balaban J connectivity index is 2.98. The number of benzene rings is 1. The number of carbonyl (C=O) groups excluding carboxylic acids is 1. The van der Waals surface area contributed by atoms with Gasteiger partial charge in [-0.25, -0.2) is 9.20 Å². The summed E-state index contributed by atoms with van der Waals surface area (Å²) in [6, 6.07) is 3.63. The number of hydrogen-bond acceptors (Lipinski definition) is 5. The van der Waals surface area contributed by atoms with E-state index >= 15 is 0 Å². The van der Waals surface area contributed by atoms with Crippen LogP contribution in [0.25, 0.3) is 0 Å². The summed E-state index contributed by atoms with van der Waals surface area (Å²) in [4.78, 5) is 13.8. The molecule has 0 spiro atoms. The smallest absolute Gasteiger partial charge is 0.508 e. The summed E-state index contributed by atoms with van der Waals surface area (Å²) < 4.78 is 17.4. The molecule has 0 aliphatic carbocycles. The SMILES string of the molecule is O=Cc1cccc(F)c1OB(O)OO. The van der Waals surface area contributed by atoms with Crippen molar-refractivity contribution in [2.24, 2.45) is 0 Å². The Hall–Kier alpha value is -1.44. The van der Waals surface area contributed by atoms with E-state index in [2.05, 4.69) is 9.46 Å². The zero-order chi connectivity index (χ0) is 10.6. The van der Waals surface area contributed by atoms with Crippen molar-refractivity contribution in [1.29, 1.82) is 0 Å². The highest BCUT2D eigenvalue weighted by molar-refractivity contribution is 6.35. The van der Waals surface area contributed by atoms with E-state index in [1.165, 1.54) is 12.1 Å². The fourth-order valence-corrected chi connectivity index (χ4v) is 0.865. The van der Waals surface area contributed by atoms with Gasteiger partial charge in [-0.05, 0) is 12.1 Å². The number of aldehydes is 1. The maximum Gasteiger partial charge on any atom is 0.739 e. The van der Waals surface area contributed by atoms with Crippen LogP contribution in [-0.4, -0.2) is 23.9 Å². The third kappa shape index (κ3) is 2.29. The van der Waals surface area contributed by atoms with Gasteiger partial charge in [0.2, 0.25) is 0 Å². The van der Waals surface area contributed by atoms with E-state index < -0.39 is 18.9 Å². The Kier molecular flexibility index (Phi) is 3.58. The largest absolute Gasteiger partial charge is 0.739 e. The highest BCUT2D eigenvalue weighted by Gasteiger charge is 2.22. The standard InChI is InChI=1S/C7H6BFO5/c9-6-3-1-2-5(4-10)7(6)13-8(11)14-12/h1-4,11-12H. The van der Waals surface area contributed by atoms with Crippen molar-refractivity contribution in [3.05, 3.63) is 29.6 Å². The molecular formula is C7H6BFO5. The highest BCUT2D eigenvalue weighted by atomic mass is 19.1. The molecule has 5 nitrogen and oxygen atoms in total. The quantitative estimate of drug-likeness (QED) is 0.320. The summed E-state index contributed by atoms with van der Waals surface area (Å²) in [7, 11) is -2.04. The van der Waals surface area contributed by atoms with Crippen molar-refractivity contribution in [2.45, 2.75) is 0 Å². The van der Waals surface area contributed by atoms with Crippen LogP contribution in [0.15, 0.2) is 18.2 Å². The minimum Gasteiger partial charge on any atom is -0.508 e. The Morgan fingerprint density at radius 1 is 1.50 bits per heavy atom. The van der Waals surface area contributed by atoms with E-state index in [1.54, 1.807) is 0 Å². The molecule has 0 heterocycles. The third-order valence-corrected chi connectivity index (χ3v) is 1.43. The highest BCUT2D eigenvalue weighted by Crippen LogP contribution is 2.21. The molecule has 0 aliphatic rings. The van der Waals surface area contributed by atoms with Gasteiger partial charge < -0.3 is 9.68 Å². The number of hydrogen-bond donors (Lipinski definition) is 2. The number of rotatable bonds is 4. The molecule has 74 valence electrons. The Labute approximate surface area is 78.8 Å². The lowest BCUT2D eigenvalue weighted by Crippen LogP contribution is -2.25. The van der Waals surface area contributed by atoms with Crippen molar-refractivity contribution in [3.63, 3.8) is 0 Å². The van der Waals surface area contributed by atoms with Crippen LogP contribution in [0.2, 0.25) is 0 Å². The summed E-state index contributed by atoms with van der Waals surface area (Å²) in [6.07, 6.45) is 0.350. The molecule has 0 aliphatic heterocycles. The molecule has 0 aromatic heterocycles. The first-order valence-corrected chi connectivity index (χ1v) is 3.57. The summed E-state index contributed by atoms with van der Waals surface area (Å²) in [5.41, 5.74) is -0.0962. The van der Waals surface area contributed by atoms with Crippen molar-refractivity contribution in [3.8, 4) is 5.75 Å². The second kappa shape index (κ2) is 4.70. The molecule has 0 saturated heterocycles. The number of para-hydroxylation sites is 1. The fraction of sp³-hybridized carbons (Fsp3) is 0. The Bertz CT molecular complexity index is 332. The fourth-order valence-electron chi connectivity index (χ4n) is 0.865. The predicted octanol–water partition coefficient (Wildman–Crippen LogP) is 0.484. The van der Waals surface area contributed by atoms with Gasteiger partial charge in [0.05, 0.1) is 5.56 Å². The van der Waals surface area contributed by atoms with Gasteiger partial charge in [0.15, 0.2) is 12.1 Å². The van der Waals surface area contributed by atoms with Gasteiger partial charge in [0.1, 0.15) is 5.75 Å². The van der Waals surface area contributed by atoms with Gasteiger partial charge in [-0.1, -0.05) is 6.07 Å². The van der Waals surface area contributed by atoms with Crippen molar-refractivity contribution in [1.82, 2.24) is 0 Å². The first kappa shape index (κ1) is 10.6. The lowest BCUT2D eigenvalue weighted by molar-refractivity contribution is -0.171. The van der Waals surface area contributed by atoms with Crippen LogP contribution in [0, 0.1) is 5.82 Å². The van der Waals surface area contributed by atoms with Crippen LogP contribution >= 0.6 is 0 Å². The number of carbonyl (C=O) groups is 1. The summed E-state index contributed by atoms with van der Waals surface area (Å²) in [6.45, 7) is 0. The molecule has 2 N–H and O–H groups in total. The molecule has 0 saturated carbocycles. The second-order valence-electron chi connectivity index (χ2n) is 2.31. The summed E-state index contributed by atoms with van der Waals surface area (Å²) in [5.74, 6) is -1.32. The first-order chi connectivity index (χ1) is 6.69. The average Bonchev–Trinajstić information content (AvgIpc) is 2.20. The van der Waals surface area contributed by atoms with Gasteiger partial charge in [-0.3, -0.25) is 10.1 Å². The average molecular weight is 200 g/mol. The second-order valence-corrected chi connectivity index (χ2v) is 2.31. The van der Waals surface area contributed by atoms with Gasteiger partial charge in [-0.15, -0.1) is 0 Å². The molecule has 0 unspecified atom stereocenters. The van der Waals surface area contributed by atoms with Crippen molar-refractivity contribution < 1.29 is 28.9 Å². The van der Waals surface area contributed by atoms with Gasteiger partial charge in [-0.2, -0.15) is 0 Å². The third-order valence-electron chi connectivity index (χ3n) is 1.43. The Morgan fingerprint density at radius 3 is 2.79 bits per heavy atom. The van der Waals surface area contributed by atoms with Gasteiger partial charge in [0, 0.05) is 0 Å². The van der Waals surface area contributed by atoms with E-state index in [1.807, 2.05) is 0 Å². The van der Waals surface area contributed by atoms with E-state index in [9.17, 15) is 9.18 Å². The number of halogens is 1. The Morgan fingerprint density at radius 2 is 2.21 bits per heavy atom. The minimum atomic E-state index is -2.04. The molecule has 1 aromatic carbocycles. The first-order valence-electron chi connectivity index (χ1n) is 3.57. The normalized spacial score (nSPS) is 9.64. The molecule has 0 amide bonds. The zero-order valence-electron chi connectivity index (χ0n) is 6.88. The molecule has 0 atom stereocenters. The predicted molar refractivity (Wildman–Crippen MR) is 44.1 cm³/mol. The zero-order valence-corrected chi connectivity index (χ0v) is 6.88. The molecule has 7 heteroatoms.